The molecule has 0 atom stereocenters. The minimum absolute atomic E-state index is 0.0763. The fraction of sp³-hybridized carbons (Fsp3) is 0.150. The van der Waals surface area contributed by atoms with Crippen LogP contribution in [0.25, 0.3) is 0 Å². The Kier molecular flexibility index (Phi) is 6.06. The van der Waals surface area contributed by atoms with Crippen LogP contribution >= 0.6 is 0 Å². The number of anilines is 1. The third kappa shape index (κ3) is 5.50. The minimum Gasteiger partial charge on any atom is -0.321 e. The van der Waals surface area contributed by atoms with Gasteiger partial charge >= 0.3 is 12.4 Å². The van der Waals surface area contributed by atoms with Crippen LogP contribution in [0.4, 0.5) is 36.4 Å². The number of hydrogen-bond acceptors (Lipinski definition) is 3. The van der Waals surface area contributed by atoms with Crippen molar-refractivity contribution in [3.8, 4) is 0 Å². The standard InChI is InChI=1S/C20H12F7N3O2/c21-14-3-1-2-11(6-14)10-30-17(31)5-4-16(29-30)18(32)28-15-8-12(19(22,23)24)7-13(9-15)20(25,26)27/h1-9H,10H2,(H,28,32). The van der Waals surface area contributed by atoms with Crippen LogP contribution < -0.4 is 10.9 Å². The summed E-state index contributed by atoms with van der Waals surface area (Å²) < 4.78 is 92.0. The lowest BCUT2D eigenvalue weighted by molar-refractivity contribution is -0.143. The Balaban J connectivity index is 1.91. The molecule has 5 nitrogen and oxygen atoms in total. The molecule has 32 heavy (non-hydrogen) atoms. The van der Waals surface area contributed by atoms with Crippen LogP contribution in [0.1, 0.15) is 27.2 Å². The van der Waals surface area contributed by atoms with E-state index in [1.54, 1.807) is 0 Å². The van der Waals surface area contributed by atoms with Gasteiger partial charge in [-0.05, 0) is 42.0 Å². The van der Waals surface area contributed by atoms with Crippen LogP contribution in [-0.2, 0) is 18.9 Å². The lowest BCUT2D eigenvalue weighted by Crippen LogP contribution is -2.26. The second-order valence-electron chi connectivity index (χ2n) is 6.59. The summed E-state index contributed by atoms with van der Waals surface area (Å²) in [7, 11) is 0. The molecule has 0 aliphatic heterocycles. The average Bonchev–Trinajstić information content (AvgIpc) is 2.68. The first-order valence-corrected chi connectivity index (χ1v) is 8.76. The van der Waals surface area contributed by atoms with E-state index in [1.807, 2.05) is 5.32 Å². The van der Waals surface area contributed by atoms with E-state index in [1.165, 1.54) is 18.2 Å². The molecule has 0 bridgehead atoms. The highest BCUT2D eigenvalue weighted by Gasteiger charge is 2.37. The predicted octanol–water partition coefficient (Wildman–Crippen LogP) is 4.72. The molecular formula is C20H12F7N3O2. The molecule has 12 heteroatoms. The van der Waals surface area contributed by atoms with Gasteiger partial charge in [0.1, 0.15) is 11.5 Å². The second kappa shape index (κ2) is 8.44. The number of hydrogen-bond donors (Lipinski definition) is 1. The maximum absolute atomic E-state index is 13.3. The van der Waals surface area contributed by atoms with E-state index in [9.17, 15) is 40.3 Å². The topological polar surface area (TPSA) is 64.0 Å². The van der Waals surface area contributed by atoms with Crippen molar-refractivity contribution < 1.29 is 35.5 Å². The van der Waals surface area contributed by atoms with Gasteiger partial charge in [-0.15, -0.1) is 0 Å². The quantitative estimate of drug-likeness (QED) is 0.575. The summed E-state index contributed by atoms with van der Waals surface area (Å²) in [5, 5.41) is 5.69. The smallest absolute Gasteiger partial charge is 0.321 e. The Bertz CT molecular complexity index is 1180. The monoisotopic (exact) mass is 459 g/mol. The van der Waals surface area contributed by atoms with Crippen molar-refractivity contribution in [2.24, 2.45) is 0 Å². The summed E-state index contributed by atoms with van der Waals surface area (Å²) >= 11 is 0. The molecule has 0 saturated heterocycles. The predicted molar refractivity (Wildman–Crippen MR) is 98.4 cm³/mol. The first kappa shape index (κ1) is 23.0. The Labute approximate surface area is 175 Å². The van der Waals surface area contributed by atoms with E-state index in [2.05, 4.69) is 5.10 Å². The number of carbonyl (C=O) groups is 1. The lowest BCUT2D eigenvalue weighted by Gasteiger charge is -2.15. The summed E-state index contributed by atoms with van der Waals surface area (Å²) in [5.41, 5.74) is -4.75. The van der Waals surface area contributed by atoms with Crippen molar-refractivity contribution in [1.29, 1.82) is 0 Å². The summed E-state index contributed by atoms with van der Waals surface area (Å²) in [4.78, 5) is 24.4. The summed E-state index contributed by atoms with van der Waals surface area (Å²) in [6, 6.07) is 7.69. The molecule has 0 aliphatic carbocycles. The van der Waals surface area contributed by atoms with E-state index in [0.717, 1.165) is 22.9 Å². The van der Waals surface area contributed by atoms with Crippen LogP contribution in [0.2, 0.25) is 0 Å². The van der Waals surface area contributed by atoms with Gasteiger partial charge in [-0.2, -0.15) is 31.4 Å². The molecular weight excluding hydrogens is 447 g/mol. The molecule has 1 amide bonds. The minimum atomic E-state index is -5.09. The lowest BCUT2D eigenvalue weighted by atomic mass is 10.1. The largest absolute Gasteiger partial charge is 0.416 e. The first-order chi connectivity index (χ1) is 14.8. The van der Waals surface area contributed by atoms with Crippen molar-refractivity contribution in [2.75, 3.05) is 5.32 Å². The summed E-state index contributed by atoms with van der Waals surface area (Å²) in [5.74, 6) is -1.72. The van der Waals surface area contributed by atoms with Crippen molar-refractivity contribution in [3.63, 3.8) is 0 Å². The van der Waals surface area contributed by atoms with E-state index in [-0.39, 0.29) is 12.6 Å². The fourth-order valence-corrected chi connectivity index (χ4v) is 2.71. The zero-order chi connectivity index (χ0) is 23.7. The molecule has 0 unspecified atom stereocenters. The van der Waals surface area contributed by atoms with Gasteiger partial charge in [0.2, 0.25) is 0 Å². The van der Waals surface area contributed by atoms with Crippen molar-refractivity contribution in [3.05, 3.63) is 93.2 Å². The average molecular weight is 459 g/mol. The zero-order valence-corrected chi connectivity index (χ0v) is 15.8. The van der Waals surface area contributed by atoms with Gasteiger partial charge in [-0.25, -0.2) is 9.07 Å². The van der Waals surface area contributed by atoms with Gasteiger partial charge in [0.15, 0.2) is 0 Å². The molecule has 0 aliphatic rings. The number of nitrogens with one attached hydrogen (secondary N) is 1. The summed E-state index contributed by atoms with van der Waals surface area (Å²) in [6.07, 6.45) is -10.2. The van der Waals surface area contributed by atoms with Gasteiger partial charge in [0, 0.05) is 11.8 Å². The number of carbonyl (C=O) groups excluding carboxylic acids is 1. The molecule has 1 N–H and O–H groups in total. The number of rotatable bonds is 4. The fourth-order valence-electron chi connectivity index (χ4n) is 2.71. The number of alkyl halides is 6. The molecule has 0 spiro atoms. The Morgan fingerprint density at radius 2 is 1.53 bits per heavy atom. The number of halogens is 7. The molecule has 0 radical (unpaired) electrons. The Hall–Kier alpha value is -3.70. The van der Waals surface area contributed by atoms with Crippen LogP contribution in [-0.4, -0.2) is 15.7 Å². The van der Waals surface area contributed by atoms with Crippen molar-refractivity contribution >= 4 is 11.6 Å². The van der Waals surface area contributed by atoms with Crippen molar-refractivity contribution in [1.82, 2.24) is 9.78 Å². The first-order valence-electron chi connectivity index (χ1n) is 8.76. The van der Waals surface area contributed by atoms with Crippen molar-refractivity contribution in [2.45, 2.75) is 18.9 Å². The highest BCUT2D eigenvalue weighted by molar-refractivity contribution is 6.02. The molecule has 168 valence electrons. The third-order valence-electron chi connectivity index (χ3n) is 4.17. The van der Waals surface area contributed by atoms with Crippen LogP contribution in [0, 0.1) is 5.82 Å². The van der Waals surface area contributed by atoms with Gasteiger partial charge in [0.25, 0.3) is 11.5 Å². The normalized spacial score (nSPS) is 12.0. The van der Waals surface area contributed by atoms with Crippen LogP contribution in [0.5, 0.6) is 0 Å². The van der Waals surface area contributed by atoms with E-state index in [0.29, 0.717) is 17.7 Å². The van der Waals surface area contributed by atoms with Gasteiger partial charge in [0.05, 0.1) is 17.7 Å². The van der Waals surface area contributed by atoms with Crippen LogP contribution in [0.3, 0.4) is 0 Å². The maximum Gasteiger partial charge on any atom is 0.416 e. The van der Waals surface area contributed by atoms with Gasteiger partial charge in [-0.3, -0.25) is 9.59 Å². The maximum atomic E-state index is 13.3. The number of benzene rings is 2. The molecule has 1 aromatic heterocycles. The summed E-state index contributed by atoms with van der Waals surface area (Å²) in [6.45, 7) is -0.223. The molecule has 3 aromatic rings. The Morgan fingerprint density at radius 3 is 2.09 bits per heavy atom. The number of aromatic nitrogens is 2. The number of nitrogens with zero attached hydrogens (tertiary/aromatic N) is 2. The highest BCUT2D eigenvalue weighted by atomic mass is 19.4. The molecule has 0 saturated carbocycles. The van der Waals surface area contributed by atoms with Crippen LogP contribution in [0.15, 0.2) is 59.4 Å². The molecule has 3 rings (SSSR count). The Morgan fingerprint density at radius 1 is 0.906 bits per heavy atom. The molecule has 1 heterocycles. The van der Waals surface area contributed by atoms with Gasteiger partial charge in [-0.1, -0.05) is 12.1 Å². The van der Waals surface area contributed by atoms with E-state index < -0.39 is 52.1 Å². The zero-order valence-electron chi connectivity index (χ0n) is 15.8. The SMILES string of the molecule is O=C(Nc1cc(C(F)(F)F)cc(C(F)(F)F)c1)c1ccc(=O)n(Cc2cccc(F)c2)n1. The number of amides is 1. The molecule has 2 aromatic carbocycles. The third-order valence-corrected chi connectivity index (χ3v) is 4.17. The highest BCUT2D eigenvalue weighted by Crippen LogP contribution is 2.37. The van der Waals surface area contributed by atoms with E-state index >= 15 is 0 Å². The van der Waals surface area contributed by atoms with Gasteiger partial charge < -0.3 is 5.32 Å². The second-order valence-corrected chi connectivity index (χ2v) is 6.59. The molecule has 0 fully saturated rings. The van der Waals surface area contributed by atoms with E-state index in [4.69, 9.17) is 0 Å².